The van der Waals surface area contributed by atoms with E-state index in [1.165, 1.54) is 0 Å². The summed E-state index contributed by atoms with van der Waals surface area (Å²) in [7, 11) is 0. The van der Waals surface area contributed by atoms with Crippen molar-refractivity contribution in [2.75, 3.05) is 13.2 Å². The molecule has 0 amide bonds. The number of pyridine rings is 2. The van der Waals surface area contributed by atoms with Crippen molar-refractivity contribution in [1.29, 1.82) is 0 Å². The molecule has 1 aliphatic rings. The number of H-pyrrole nitrogens is 2. The average molecular weight is 363 g/mol. The van der Waals surface area contributed by atoms with Gasteiger partial charge in [-0.15, -0.1) is 0 Å². The van der Waals surface area contributed by atoms with E-state index in [2.05, 4.69) is 32.9 Å². The van der Waals surface area contributed by atoms with Gasteiger partial charge in [0.15, 0.2) is 5.65 Å². The first kappa shape index (κ1) is 16.3. The first-order valence-corrected chi connectivity index (χ1v) is 9.21. The van der Waals surface area contributed by atoms with E-state index in [1.807, 2.05) is 29.1 Å². The van der Waals surface area contributed by atoms with Gasteiger partial charge in [0.1, 0.15) is 5.65 Å². The lowest BCUT2D eigenvalue weighted by Crippen LogP contribution is -2.34. The minimum Gasteiger partial charge on any atom is -0.381 e. The van der Waals surface area contributed by atoms with Crippen LogP contribution < -0.4 is 5.69 Å². The third-order valence-corrected chi connectivity index (χ3v) is 5.60. The van der Waals surface area contributed by atoms with Gasteiger partial charge in [-0.1, -0.05) is 6.92 Å². The smallest absolute Gasteiger partial charge is 0.327 e. The number of nitrogens with one attached hydrogen (secondary N) is 2. The molecule has 0 radical (unpaired) electrons. The maximum absolute atomic E-state index is 12.6. The van der Waals surface area contributed by atoms with Crippen molar-refractivity contribution in [1.82, 2.24) is 24.5 Å². The molecule has 0 bridgehead atoms. The van der Waals surface area contributed by atoms with Crippen LogP contribution >= 0.6 is 0 Å². The maximum atomic E-state index is 12.6. The fraction of sp³-hybridized carbons (Fsp3) is 0.350. The number of aromatic nitrogens is 5. The molecule has 5 rings (SSSR count). The third kappa shape index (κ3) is 2.84. The van der Waals surface area contributed by atoms with Crippen LogP contribution in [0.1, 0.15) is 19.8 Å². The van der Waals surface area contributed by atoms with Crippen LogP contribution in [0.25, 0.3) is 33.3 Å². The molecule has 0 spiro atoms. The van der Waals surface area contributed by atoms with Gasteiger partial charge in [-0.3, -0.25) is 9.55 Å². The monoisotopic (exact) mass is 363 g/mol. The van der Waals surface area contributed by atoms with Gasteiger partial charge in [-0.05, 0) is 36.5 Å². The molecule has 2 N–H and O–H groups in total. The van der Waals surface area contributed by atoms with Crippen molar-refractivity contribution in [2.24, 2.45) is 5.41 Å². The highest BCUT2D eigenvalue weighted by Crippen LogP contribution is 2.32. The van der Waals surface area contributed by atoms with Crippen LogP contribution in [0.3, 0.4) is 0 Å². The molecular formula is C20H21N5O2. The lowest BCUT2D eigenvalue weighted by molar-refractivity contribution is 0.0156. The Morgan fingerprint density at radius 1 is 1.15 bits per heavy atom. The molecule has 5 heterocycles. The van der Waals surface area contributed by atoms with E-state index in [0.29, 0.717) is 12.2 Å². The zero-order valence-corrected chi connectivity index (χ0v) is 15.2. The Bertz CT molecular complexity index is 1180. The molecule has 138 valence electrons. The summed E-state index contributed by atoms with van der Waals surface area (Å²) in [5.41, 5.74) is 4.19. The summed E-state index contributed by atoms with van der Waals surface area (Å²) in [5, 5.41) is 1.05. The van der Waals surface area contributed by atoms with Crippen LogP contribution in [0.15, 0.2) is 41.6 Å². The predicted octanol–water partition coefficient (Wildman–Crippen LogP) is 3.08. The number of fused-ring (bicyclic) bond motifs is 2. The molecule has 1 fully saturated rings. The molecule has 0 saturated carbocycles. The number of imidazole rings is 1. The Morgan fingerprint density at radius 2 is 1.89 bits per heavy atom. The van der Waals surface area contributed by atoms with Gasteiger partial charge in [0.2, 0.25) is 0 Å². The van der Waals surface area contributed by atoms with Gasteiger partial charge >= 0.3 is 5.69 Å². The van der Waals surface area contributed by atoms with Crippen LogP contribution in [0, 0.1) is 5.41 Å². The maximum Gasteiger partial charge on any atom is 0.327 e. The van der Waals surface area contributed by atoms with Crippen LogP contribution in [0.2, 0.25) is 0 Å². The second-order valence-electron chi connectivity index (χ2n) is 7.67. The van der Waals surface area contributed by atoms with Gasteiger partial charge in [0.25, 0.3) is 0 Å². The van der Waals surface area contributed by atoms with E-state index in [1.54, 1.807) is 6.20 Å². The minimum atomic E-state index is -0.110. The van der Waals surface area contributed by atoms with E-state index >= 15 is 0 Å². The molecule has 1 aliphatic heterocycles. The van der Waals surface area contributed by atoms with Crippen molar-refractivity contribution >= 4 is 22.2 Å². The summed E-state index contributed by atoms with van der Waals surface area (Å²) < 4.78 is 7.31. The number of nitrogens with zero attached hydrogens (tertiary/aromatic N) is 3. The summed E-state index contributed by atoms with van der Waals surface area (Å²) in [6.07, 6.45) is 7.40. The predicted molar refractivity (Wildman–Crippen MR) is 104 cm³/mol. The van der Waals surface area contributed by atoms with Crippen LogP contribution in [-0.2, 0) is 11.3 Å². The second-order valence-corrected chi connectivity index (χ2v) is 7.67. The van der Waals surface area contributed by atoms with E-state index in [0.717, 1.165) is 53.7 Å². The minimum absolute atomic E-state index is 0.0544. The fourth-order valence-corrected chi connectivity index (χ4v) is 3.85. The highest BCUT2D eigenvalue weighted by atomic mass is 16.5. The molecule has 0 atom stereocenters. The molecule has 0 aliphatic carbocycles. The number of ether oxygens (including phenoxy) is 1. The van der Waals surface area contributed by atoms with Crippen molar-refractivity contribution < 1.29 is 4.74 Å². The topological polar surface area (TPSA) is 88.6 Å². The van der Waals surface area contributed by atoms with Crippen LogP contribution in [-0.4, -0.2) is 37.7 Å². The molecule has 0 aromatic carbocycles. The summed E-state index contributed by atoms with van der Waals surface area (Å²) in [5.74, 6) is 0. The molecular weight excluding hydrogens is 342 g/mol. The van der Waals surface area contributed by atoms with Gasteiger partial charge in [-0.25, -0.2) is 14.8 Å². The van der Waals surface area contributed by atoms with E-state index in [4.69, 9.17) is 4.74 Å². The largest absolute Gasteiger partial charge is 0.381 e. The Labute approximate surface area is 155 Å². The quantitative estimate of drug-likeness (QED) is 0.585. The Hall–Kier alpha value is -2.93. The van der Waals surface area contributed by atoms with Crippen molar-refractivity contribution in [2.45, 2.75) is 26.3 Å². The van der Waals surface area contributed by atoms with Gasteiger partial charge < -0.3 is 9.72 Å². The van der Waals surface area contributed by atoms with Gasteiger partial charge in [0.05, 0.1) is 5.52 Å². The first-order valence-electron chi connectivity index (χ1n) is 9.21. The number of hydrogen-bond donors (Lipinski definition) is 2. The summed E-state index contributed by atoms with van der Waals surface area (Å²) in [4.78, 5) is 27.5. The molecule has 7 nitrogen and oxygen atoms in total. The number of aromatic amines is 2. The molecule has 1 saturated heterocycles. The van der Waals surface area contributed by atoms with Gasteiger partial charge in [0, 0.05) is 54.9 Å². The van der Waals surface area contributed by atoms with E-state index in [9.17, 15) is 4.79 Å². The summed E-state index contributed by atoms with van der Waals surface area (Å²) in [6.45, 7) is 4.39. The summed E-state index contributed by atoms with van der Waals surface area (Å²) >= 11 is 0. The highest BCUT2D eigenvalue weighted by molar-refractivity contribution is 5.84. The molecule has 7 heteroatoms. The zero-order chi connectivity index (χ0) is 18.4. The molecule has 4 aromatic heterocycles. The van der Waals surface area contributed by atoms with E-state index < -0.39 is 0 Å². The molecule has 27 heavy (non-hydrogen) atoms. The third-order valence-electron chi connectivity index (χ3n) is 5.60. The fourth-order valence-electron chi connectivity index (χ4n) is 3.85. The number of rotatable bonds is 3. The van der Waals surface area contributed by atoms with E-state index in [-0.39, 0.29) is 11.1 Å². The average Bonchev–Trinajstić information content (AvgIpc) is 3.26. The standard InChI is InChI=1S/C20H21N5O2/c1-20(3-6-27-7-4-20)12-25-16-9-15(11-23-18(16)24-19(25)26)14-8-13-2-5-21-17(13)22-10-14/h2,5,8-11H,3-4,6-7,12H2,1H3,(H,21,22)(H,23,24,26). The van der Waals surface area contributed by atoms with Crippen molar-refractivity contribution in [3.05, 3.63) is 47.3 Å². The van der Waals surface area contributed by atoms with Crippen molar-refractivity contribution in [3.63, 3.8) is 0 Å². The Morgan fingerprint density at radius 3 is 2.70 bits per heavy atom. The van der Waals surface area contributed by atoms with Crippen LogP contribution in [0.4, 0.5) is 0 Å². The molecule has 4 aromatic rings. The Kier molecular flexibility index (Phi) is 3.65. The zero-order valence-electron chi connectivity index (χ0n) is 15.2. The lowest BCUT2D eigenvalue weighted by Gasteiger charge is -2.33. The second kappa shape index (κ2) is 6.06. The summed E-state index contributed by atoms with van der Waals surface area (Å²) in [6, 6.07) is 6.10. The Balaban J connectivity index is 1.59. The number of hydrogen-bond acceptors (Lipinski definition) is 4. The molecule has 0 unspecified atom stereocenters. The van der Waals surface area contributed by atoms with Gasteiger partial charge in [-0.2, -0.15) is 0 Å². The normalized spacial score (nSPS) is 16.9. The first-order chi connectivity index (χ1) is 13.1. The van der Waals surface area contributed by atoms with Crippen molar-refractivity contribution in [3.8, 4) is 11.1 Å². The lowest BCUT2D eigenvalue weighted by atomic mass is 9.82. The SMILES string of the molecule is CC1(Cn2c(=O)[nH]c3ncc(-c4cnc5[nH]ccc5c4)cc32)CCOCC1. The van der Waals surface area contributed by atoms with Crippen LogP contribution in [0.5, 0.6) is 0 Å². The highest BCUT2D eigenvalue weighted by Gasteiger charge is 2.29.